The number of nitrogens with one attached hydrogen (secondary N) is 1. The molecule has 0 aliphatic rings. The third kappa shape index (κ3) is 2.09. The lowest BCUT2D eigenvalue weighted by Crippen LogP contribution is -2.33. The molecule has 1 atom stereocenters. The number of nitrogens with zero attached hydrogens (tertiary/aromatic N) is 2. The number of imidazole rings is 1. The van der Waals surface area contributed by atoms with Crippen molar-refractivity contribution in [3.63, 3.8) is 0 Å². The van der Waals surface area contributed by atoms with Crippen LogP contribution in [0.25, 0.3) is 0 Å². The summed E-state index contributed by atoms with van der Waals surface area (Å²) in [5.74, 6) is 2.52. The average molecular weight is 177 g/mol. The number of carbonyl (C=O) groups excluding carboxylic acids is 1. The van der Waals surface area contributed by atoms with Crippen molar-refractivity contribution in [1.82, 2.24) is 14.9 Å². The molecule has 0 radical (unpaired) electrons. The van der Waals surface area contributed by atoms with E-state index in [2.05, 4.69) is 16.2 Å². The van der Waals surface area contributed by atoms with Gasteiger partial charge >= 0.3 is 0 Å². The number of aromatic nitrogens is 2. The number of terminal acetylenes is 1. The lowest BCUT2D eigenvalue weighted by molar-refractivity contribution is 0.0934. The second-order valence-corrected chi connectivity index (χ2v) is 2.72. The SMILES string of the molecule is C#CC(C)NC(=O)c1nccn1C. The molecule has 1 N–H and O–H groups in total. The van der Waals surface area contributed by atoms with E-state index in [1.54, 1.807) is 30.9 Å². The summed E-state index contributed by atoms with van der Waals surface area (Å²) in [6.45, 7) is 1.74. The van der Waals surface area contributed by atoms with Crippen LogP contribution >= 0.6 is 0 Å². The van der Waals surface area contributed by atoms with Gasteiger partial charge in [-0.2, -0.15) is 0 Å². The van der Waals surface area contributed by atoms with Crippen molar-refractivity contribution in [3.8, 4) is 12.3 Å². The van der Waals surface area contributed by atoms with E-state index in [0.717, 1.165) is 0 Å². The highest BCUT2D eigenvalue weighted by molar-refractivity contribution is 5.91. The average Bonchev–Trinajstić information content (AvgIpc) is 2.51. The zero-order chi connectivity index (χ0) is 9.84. The molecule has 1 unspecified atom stereocenters. The van der Waals surface area contributed by atoms with Gasteiger partial charge in [0.1, 0.15) is 0 Å². The molecule has 1 heterocycles. The topological polar surface area (TPSA) is 46.9 Å². The smallest absolute Gasteiger partial charge is 0.288 e. The normalized spacial score (nSPS) is 11.8. The first-order chi connectivity index (χ1) is 6.15. The highest BCUT2D eigenvalue weighted by Gasteiger charge is 2.11. The van der Waals surface area contributed by atoms with Crippen molar-refractivity contribution >= 4 is 5.91 Å². The van der Waals surface area contributed by atoms with E-state index >= 15 is 0 Å². The summed E-state index contributed by atoms with van der Waals surface area (Å²) >= 11 is 0. The molecule has 1 rings (SSSR count). The highest BCUT2D eigenvalue weighted by Crippen LogP contribution is 1.94. The fourth-order valence-corrected chi connectivity index (χ4v) is 0.887. The van der Waals surface area contributed by atoms with E-state index in [0.29, 0.717) is 5.82 Å². The fraction of sp³-hybridized carbons (Fsp3) is 0.333. The molecular formula is C9H11N3O. The van der Waals surface area contributed by atoms with Gasteiger partial charge in [0.25, 0.3) is 5.91 Å². The first-order valence-electron chi connectivity index (χ1n) is 3.89. The molecule has 0 aliphatic carbocycles. The molecule has 0 bridgehead atoms. The number of hydrogen-bond donors (Lipinski definition) is 1. The number of amides is 1. The molecule has 0 saturated heterocycles. The molecule has 1 aromatic heterocycles. The number of carbonyl (C=O) groups is 1. The zero-order valence-corrected chi connectivity index (χ0v) is 7.61. The largest absolute Gasteiger partial charge is 0.336 e. The summed E-state index contributed by atoms with van der Waals surface area (Å²) < 4.78 is 1.64. The third-order valence-electron chi connectivity index (χ3n) is 1.62. The van der Waals surface area contributed by atoms with Crippen LogP contribution in [0.2, 0.25) is 0 Å². The Morgan fingerprint density at radius 3 is 3.00 bits per heavy atom. The zero-order valence-electron chi connectivity index (χ0n) is 7.61. The van der Waals surface area contributed by atoms with Crippen LogP contribution in [0.15, 0.2) is 12.4 Å². The van der Waals surface area contributed by atoms with Gasteiger partial charge in [-0.1, -0.05) is 5.92 Å². The summed E-state index contributed by atoms with van der Waals surface area (Å²) in [6, 6.07) is -0.274. The monoisotopic (exact) mass is 177 g/mol. The van der Waals surface area contributed by atoms with Gasteiger partial charge in [-0.3, -0.25) is 4.79 Å². The van der Waals surface area contributed by atoms with Crippen LogP contribution in [0.5, 0.6) is 0 Å². The maximum absolute atomic E-state index is 11.4. The maximum Gasteiger partial charge on any atom is 0.288 e. The van der Waals surface area contributed by atoms with Crippen molar-refractivity contribution in [3.05, 3.63) is 18.2 Å². The van der Waals surface area contributed by atoms with Gasteiger partial charge in [0, 0.05) is 19.4 Å². The number of hydrogen-bond acceptors (Lipinski definition) is 2. The van der Waals surface area contributed by atoms with E-state index in [9.17, 15) is 4.79 Å². The Morgan fingerprint density at radius 1 is 1.85 bits per heavy atom. The van der Waals surface area contributed by atoms with E-state index in [1.807, 2.05) is 0 Å². The molecule has 0 aliphatic heterocycles. The molecular weight excluding hydrogens is 166 g/mol. The van der Waals surface area contributed by atoms with Crippen molar-refractivity contribution in [2.24, 2.45) is 7.05 Å². The molecule has 1 amide bonds. The van der Waals surface area contributed by atoms with Crippen LogP contribution in [0.4, 0.5) is 0 Å². The molecule has 1 aromatic rings. The highest BCUT2D eigenvalue weighted by atomic mass is 16.2. The Balaban J connectivity index is 2.71. The Bertz CT molecular complexity index is 348. The fourth-order valence-electron chi connectivity index (χ4n) is 0.887. The maximum atomic E-state index is 11.4. The van der Waals surface area contributed by atoms with Crippen LogP contribution in [-0.2, 0) is 7.05 Å². The molecule has 0 saturated carbocycles. The van der Waals surface area contributed by atoms with E-state index < -0.39 is 0 Å². The van der Waals surface area contributed by atoms with Crippen LogP contribution in [0.1, 0.15) is 17.5 Å². The van der Waals surface area contributed by atoms with Crippen molar-refractivity contribution < 1.29 is 4.79 Å². The summed E-state index contributed by atoms with van der Waals surface area (Å²) in [5.41, 5.74) is 0. The first-order valence-corrected chi connectivity index (χ1v) is 3.89. The Morgan fingerprint density at radius 2 is 2.54 bits per heavy atom. The van der Waals surface area contributed by atoms with Crippen molar-refractivity contribution in [2.75, 3.05) is 0 Å². The van der Waals surface area contributed by atoms with Crippen LogP contribution < -0.4 is 5.32 Å². The van der Waals surface area contributed by atoms with Gasteiger partial charge < -0.3 is 9.88 Å². The molecule has 13 heavy (non-hydrogen) atoms. The lowest BCUT2D eigenvalue weighted by atomic mass is 10.3. The van der Waals surface area contributed by atoms with E-state index in [-0.39, 0.29) is 11.9 Å². The molecule has 4 heteroatoms. The van der Waals surface area contributed by atoms with Gasteiger partial charge in [-0.05, 0) is 6.92 Å². The standard InChI is InChI=1S/C9H11N3O/c1-4-7(2)11-9(13)8-10-5-6-12(8)3/h1,5-7H,2-3H3,(H,11,13). The second-order valence-electron chi connectivity index (χ2n) is 2.72. The summed E-state index contributed by atoms with van der Waals surface area (Å²) in [5, 5.41) is 2.61. The van der Waals surface area contributed by atoms with E-state index in [4.69, 9.17) is 6.42 Å². The lowest BCUT2D eigenvalue weighted by Gasteiger charge is -2.06. The minimum absolute atomic E-state index is 0.252. The van der Waals surface area contributed by atoms with Crippen LogP contribution in [0.3, 0.4) is 0 Å². The van der Waals surface area contributed by atoms with Gasteiger partial charge in [0.15, 0.2) is 5.82 Å². The Labute approximate surface area is 77.0 Å². The predicted octanol–water partition coefficient (Wildman–Crippen LogP) is 0.172. The van der Waals surface area contributed by atoms with Crippen LogP contribution in [-0.4, -0.2) is 21.5 Å². The van der Waals surface area contributed by atoms with Crippen molar-refractivity contribution in [2.45, 2.75) is 13.0 Å². The minimum atomic E-state index is -0.274. The van der Waals surface area contributed by atoms with Gasteiger partial charge in [-0.15, -0.1) is 6.42 Å². The summed E-state index contributed by atoms with van der Waals surface area (Å²) in [4.78, 5) is 15.3. The second kappa shape index (κ2) is 3.76. The molecule has 68 valence electrons. The van der Waals surface area contributed by atoms with Gasteiger partial charge in [0.2, 0.25) is 0 Å². The third-order valence-corrected chi connectivity index (χ3v) is 1.62. The van der Waals surface area contributed by atoms with Crippen molar-refractivity contribution in [1.29, 1.82) is 0 Å². The summed E-state index contributed by atoms with van der Waals surface area (Å²) in [6.07, 6.45) is 8.39. The molecule has 4 nitrogen and oxygen atoms in total. The van der Waals surface area contributed by atoms with Gasteiger partial charge in [0.05, 0.1) is 6.04 Å². The molecule has 0 aromatic carbocycles. The first kappa shape index (κ1) is 9.33. The van der Waals surface area contributed by atoms with E-state index in [1.165, 1.54) is 0 Å². The number of aryl methyl sites for hydroxylation is 1. The Kier molecular flexibility index (Phi) is 2.70. The minimum Gasteiger partial charge on any atom is -0.336 e. The summed E-state index contributed by atoms with van der Waals surface area (Å²) in [7, 11) is 1.75. The number of rotatable bonds is 2. The molecule has 0 spiro atoms. The quantitative estimate of drug-likeness (QED) is 0.655. The van der Waals surface area contributed by atoms with Crippen LogP contribution in [0, 0.1) is 12.3 Å². The molecule has 0 fully saturated rings. The predicted molar refractivity (Wildman–Crippen MR) is 49.0 cm³/mol. The Hall–Kier alpha value is -1.76. The van der Waals surface area contributed by atoms with Gasteiger partial charge in [-0.25, -0.2) is 4.98 Å².